The fraction of sp³-hybridized carbons (Fsp3) is 0.611. The predicted molar refractivity (Wildman–Crippen MR) is 92.2 cm³/mol. The summed E-state index contributed by atoms with van der Waals surface area (Å²) in [7, 11) is 0. The van der Waals surface area contributed by atoms with E-state index in [1.54, 1.807) is 0 Å². The van der Waals surface area contributed by atoms with Crippen LogP contribution in [0.2, 0.25) is 0 Å². The molecule has 4 heteroatoms. The molecule has 2 unspecified atom stereocenters. The second-order valence-electron chi connectivity index (χ2n) is 6.84. The van der Waals surface area contributed by atoms with Crippen molar-refractivity contribution < 1.29 is 4.79 Å². The Morgan fingerprint density at radius 2 is 1.91 bits per heavy atom. The van der Waals surface area contributed by atoms with Gasteiger partial charge in [-0.05, 0) is 31.7 Å². The summed E-state index contributed by atoms with van der Waals surface area (Å²) in [6.07, 6.45) is 5.31. The second-order valence-corrected chi connectivity index (χ2v) is 6.84. The van der Waals surface area contributed by atoms with Gasteiger partial charge in [0.15, 0.2) is 0 Å². The molecule has 2 aliphatic rings. The topological polar surface area (TPSA) is 46.3 Å². The van der Waals surface area contributed by atoms with E-state index in [-0.39, 0.29) is 17.8 Å². The van der Waals surface area contributed by atoms with Crippen molar-refractivity contribution in [2.45, 2.75) is 51.0 Å². The van der Waals surface area contributed by atoms with E-state index in [2.05, 4.69) is 36.1 Å². The molecule has 1 aliphatic carbocycles. The fourth-order valence-electron chi connectivity index (χ4n) is 4.14. The average Bonchev–Trinajstić information content (AvgIpc) is 3.15. The third-order valence-electron chi connectivity index (χ3n) is 5.51. The highest BCUT2D eigenvalue weighted by Gasteiger charge is 2.45. The number of hydrogen-bond donors (Lipinski definition) is 1. The molecule has 22 heavy (non-hydrogen) atoms. The van der Waals surface area contributed by atoms with Crippen molar-refractivity contribution in [3.05, 3.63) is 35.9 Å². The van der Waals surface area contributed by atoms with Crippen LogP contribution < -0.4 is 5.73 Å². The Hall–Kier alpha value is -1.06. The highest BCUT2D eigenvalue weighted by atomic mass is 35.5. The first-order chi connectivity index (χ1) is 10.2. The van der Waals surface area contributed by atoms with Crippen LogP contribution in [0.3, 0.4) is 0 Å². The van der Waals surface area contributed by atoms with Crippen LogP contribution in [0.5, 0.6) is 0 Å². The lowest BCUT2D eigenvalue weighted by atomic mass is 9.84. The van der Waals surface area contributed by atoms with Gasteiger partial charge in [-0.15, -0.1) is 12.4 Å². The zero-order chi connectivity index (χ0) is 14.9. The number of nitrogens with two attached hydrogens (primary N) is 1. The molecule has 1 aliphatic heterocycles. The summed E-state index contributed by atoms with van der Waals surface area (Å²) in [6, 6.07) is 10.9. The minimum atomic E-state index is -0.264. The molecule has 3 nitrogen and oxygen atoms in total. The van der Waals surface area contributed by atoms with Crippen LogP contribution in [0.25, 0.3) is 0 Å². The number of halogens is 1. The average molecular weight is 323 g/mol. The first kappa shape index (κ1) is 17.3. The third kappa shape index (κ3) is 3.02. The van der Waals surface area contributed by atoms with E-state index < -0.39 is 0 Å². The maximum absolute atomic E-state index is 13.0. The summed E-state index contributed by atoms with van der Waals surface area (Å²) < 4.78 is 0. The van der Waals surface area contributed by atoms with Crippen molar-refractivity contribution in [2.75, 3.05) is 13.1 Å². The number of amides is 1. The molecule has 1 amide bonds. The quantitative estimate of drug-likeness (QED) is 0.927. The van der Waals surface area contributed by atoms with Gasteiger partial charge in [0.2, 0.25) is 5.91 Å². The molecule has 2 N–H and O–H groups in total. The zero-order valence-electron chi connectivity index (χ0n) is 13.3. The number of carbonyl (C=O) groups excluding carboxylic acids is 1. The summed E-state index contributed by atoms with van der Waals surface area (Å²) in [5.41, 5.74) is 7.07. The Morgan fingerprint density at radius 1 is 1.27 bits per heavy atom. The van der Waals surface area contributed by atoms with E-state index >= 15 is 0 Å². The number of carbonyl (C=O) groups is 1. The monoisotopic (exact) mass is 322 g/mol. The summed E-state index contributed by atoms with van der Waals surface area (Å²) in [4.78, 5) is 15.1. The SMILES string of the molecule is CC1CC(c2ccccc2)CN1C(=O)C1(CN)CCCC1.Cl. The molecule has 0 aromatic heterocycles. The Kier molecular flexibility index (Phi) is 5.51. The molecule has 0 bridgehead atoms. The molecule has 3 rings (SSSR count). The normalized spacial score (nSPS) is 26.7. The molecule has 1 heterocycles. The highest BCUT2D eigenvalue weighted by Crippen LogP contribution is 2.42. The van der Waals surface area contributed by atoms with Gasteiger partial charge in [-0.2, -0.15) is 0 Å². The van der Waals surface area contributed by atoms with E-state index in [0.29, 0.717) is 24.4 Å². The smallest absolute Gasteiger partial charge is 0.230 e. The van der Waals surface area contributed by atoms with Gasteiger partial charge in [-0.25, -0.2) is 0 Å². The maximum Gasteiger partial charge on any atom is 0.230 e. The van der Waals surface area contributed by atoms with Crippen LogP contribution >= 0.6 is 12.4 Å². The molecule has 0 radical (unpaired) electrons. The van der Waals surface area contributed by atoms with Gasteiger partial charge in [0.1, 0.15) is 0 Å². The molecule has 2 fully saturated rings. The van der Waals surface area contributed by atoms with Gasteiger partial charge in [0.25, 0.3) is 0 Å². The summed E-state index contributed by atoms with van der Waals surface area (Å²) >= 11 is 0. The number of likely N-dealkylation sites (tertiary alicyclic amines) is 1. The van der Waals surface area contributed by atoms with Gasteiger partial charge in [-0.1, -0.05) is 43.2 Å². The van der Waals surface area contributed by atoms with Crippen molar-refractivity contribution in [3.8, 4) is 0 Å². The van der Waals surface area contributed by atoms with Crippen molar-refractivity contribution in [3.63, 3.8) is 0 Å². The minimum Gasteiger partial charge on any atom is -0.339 e. The van der Waals surface area contributed by atoms with E-state index in [1.807, 2.05) is 6.07 Å². The molecule has 122 valence electrons. The zero-order valence-corrected chi connectivity index (χ0v) is 14.1. The van der Waals surface area contributed by atoms with Crippen molar-refractivity contribution >= 4 is 18.3 Å². The largest absolute Gasteiger partial charge is 0.339 e. The minimum absolute atomic E-state index is 0. The Balaban J connectivity index is 0.00000176. The van der Waals surface area contributed by atoms with E-state index in [0.717, 1.165) is 38.6 Å². The van der Waals surface area contributed by atoms with E-state index in [1.165, 1.54) is 5.56 Å². The van der Waals surface area contributed by atoms with Crippen LogP contribution in [0, 0.1) is 5.41 Å². The number of nitrogens with zero attached hydrogens (tertiary/aromatic N) is 1. The lowest BCUT2D eigenvalue weighted by molar-refractivity contribution is -0.142. The summed E-state index contributed by atoms with van der Waals surface area (Å²) in [5, 5.41) is 0. The van der Waals surface area contributed by atoms with Crippen LogP contribution in [-0.2, 0) is 4.79 Å². The third-order valence-corrected chi connectivity index (χ3v) is 5.51. The highest BCUT2D eigenvalue weighted by molar-refractivity contribution is 5.85. The van der Waals surface area contributed by atoms with Crippen molar-refractivity contribution in [1.82, 2.24) is 4.90 Å². The Bertz CT molecular complexity index is 499. The summed E-state index contributed by atoms with van der Waals surface area (Å²) in [5.74, 6) is 0.787. The lowest BCUT2D eigenvalue weighted by Gasteiger charge is -2.33. The van der Waals surface area contributed by atoms with Crippen molar-refractivity contribution in [2.24, 2.45) is 11.1 Å². The van der Waals surface area contributed by atoms with Crippen LogP contribution in [0.4, 0.5) is 0 Å². The standard InChI is InChI=1S/C18H26N2O.ClH/c1-14-11-16(15-7-3-2-4-8-15)12-20(14)17(21)18(13-19)9-5-6-10-18;/h2-4,7-8,14,16H,5-6,9-13,19H2,1H3;1H. The molecular weight excluding hydrogens is 296 g/mol. The van der Waals surface area contributed by atoms with Gasteiger partial charge < -0.3 is 10.6 Å². The Morgan fingerprint density at radius 3 is 2.50 bits per heavy atom. The number of hydrogen-bond acceptors (Lipinski definition) is 2. The van der Waals surface area contributed by atoms with Gasteiger partial charge in [-0.3, -0.25) is 4.79 Å². The Labute approximate surface area is 139 Å². The molecular formula is C18H27ClN2O. The summed E-state index contributed by atoms with van der Waals surface area (Å²) in [6.45, 7) is 3.54. The fourth-order valence-corrected chi connectivity index (χ4v) is 4.14. The van der Waals surface area contributed by atoms with Gasteiger partial charge in [0, 0.05) is 25.0 Å². The molecule has 1 aromatic carbocycles. The van der Waals surface area contributed by atoms with E-state index in [4.69, 9.17) is 5.73 Å². The number of rotatable bonds is 3. The van der Waals surface area contributed by atoms with Crippen LogP contribution in [0.15, 0.2) is 30.3 Å². The molecule has 1 saturated carbocycles. The second kappa shape index (κ2) is 7.01. The first-order valence-corrected chi connectivity index (χ1v) is 8.22. The van der Waals surface area contributed by atoms with E-state index in [9.17, 15) is 4.79 Å². The number of benzene rings is 1. The van der Waals surface area contributed by atoms with Crippen LogP contribution in [0.1, 0.15) is 50.5 Å². The van der Waals surface area contributed by atoms with Crippen LogP contribution in [-0.4, -0.2) is 29.9 Å². The first-order valence-electron chi connectivity index (χ1n) is 8.22. The van der Waals surface area contributed by atoms with Crippen molar-refractivity contribution in [1.29, 1.82) is 0 Å². The lowest BCUT2D eigenvalue weighted by Crippen LogP contribution is -2.47. The predicted octanol–water partition coefficient (Wildman–Crippen LogP) is 3.33. The maximum atomic E-state index is 13.0. The molecule has 1 saturated heterocycles. The van der Waals surface area contributed by atoms with Gasteiger partial charge >= 0.3 is 0 Å². The molecule has 2 atom stereocenters. The molecule has 1 aromatic rings. The van der Waals surface area contributed by atoms with Gasteiger partial charge in [0.05, 0.1) is 5.41 Å². The molecule has 0 spiro atoms.